The van der Waals surface area contributed by atoms with Crippen LogP contribution < -0.4 is 33.2 Å². The van der Waals surface area contributed by atoms with Gasteiger partial charge in [0, 0.05) is 11.8 Å². The summed E-state index contributed by atoms with van der Waals surface area (Å²) in [6, 6.07) is 18.8. The summed E-state index contributed by atoms with van der Waals surface area (Å²) in [6.45, 7) is 5.17. The average Bonchev–Trinajstić information content (AvgIpc) is 3.78. The van der Waals surface area contributed by atoms with Crippen molar-refractivity contribution in [2.45, 2.75) is 51.4 Å². The van der Waals surface area contributed by atoms with E-state index in [1.807, 2.05) is 55.5 Å². The van der Waals surface area contributed by atoms with E-state index in [9.17, 15) is 10.2 Å². The molecule has 52 heavy (non-hydrogen) atoms. The van der Waals surface area contributed by atoms with Gasteiger partial charge in [0.1, 0.15) is 6.10 Å². The minimum absolute atomic E-state index is 0.0415. The maximum atomic E-state index is 10.8. The summed E-state index contributed by atoms with van der Waals surface area (Å²) in [7, 11) is 7.74. The number of rotatable bonds is 15. The van der Waals surface area contributed by atoms with E-state index in [1.165, 1.54) is 21.3 Å². The lowest BCUT2D eigenvalue weighted by Gasteiger charge is -2.23. The summed E-state index contributed by atoms with van der Waals surface area (Å²) in [5.41, 5.74) is 3.73. The molecule has 11 heteroatoms. The van der Waals surface area contributed by atoms with Gasteiger partial charge in [-0.1, -0.05) is 32.4 Å². The van der Waals surface area contributed by atoms with Crippen molar-refractivity contribution in [3.8, 4) is 57.5 Å². The third kappa shape index (κ3) is 7.20. The van der Waals surface area contributed by atoms with Crippen LogP contribution in [0.3, 0.4) is 0 Å². The first-order valence-corrected chi connectivity index (χ1v) is 17.5. The minimum atomic E-state index is -0.320. The second-order valence-corrected chi connectivity index (χ2v) is 12.9. The lowest BCUT2D eigenvalue weighted by molar-refractivity contribution is 0.0190. The molecule has 2 heterocycles. The molecule has 2 aliphatic heterocycles. The van der Waals surface area contributed by atoms with Gasteiger partial charge in [-0.05, 0) is 83.6 Å². The molecule has 0 amide bonds. The molecule has 278 valence electrons. The first-order chi connectivity index (χ1) is 25.3. The van der Waals surface area contributed by atoms with Crippen LogP contribution in [0.15, 0.2) is 60.7 Å². The molecule has 0 aromatic heterocycles. The highest BCUT2D eigenvalue weighted by Crippen LogP contribution is 2.53. The zero-order valence-corrected chi connectivity index (χ0v) is 30.8. The Balaban J connectivity index is 1.19. The number of benzene rings is 4. The topological polar surface area (TPSA) is 124 Å². The Hall–Kier alpha value is -5.00. The second kappa shape index (κ2) is 16.1. The number of fused-ring (bicyclic) bond motifs is 1. The van der Waals surface area contributed by atoms with Gasteiger partial charge in [0.05, 0.1) is 61.0 Å². The van der Waals surface area contributed by atoms with E-state index in [2.05, 4.69) is 6.92 Å². The number of methoxy groups -OCH3 is 5. The van der Waals surface area contributed by atoms with E-state index in [-0.39, 0.29) is 41.6 Å². The van der Waals surface area contributed by atoms with Crippen molar-refractivity contribution in [3.63, 3.8) is 0 Å². The van der Waals surface area contributed by atoms with E-state index < -0.39 is 0 Å². The molecule has 2 fully saturated rings. The van der Waals surface area contributed by atoms with Crippen molar-refractivity contribution in [1.82, 2.24) is 0 Å². The van der Waals surface area contributed by atoms with Gasteiger partial charge in [-0.25, -0.2) is 0 Å². The number of ether oxygens (including phenoxy) is 9. The predicted molar refractivity (Wildman–Crippen MR) is 194 cm³/mol. The number of phenolic OH excluding ortho intramolecular Hbond substituents is 2. The summed E-state index contributed by atoms with van der Waals surface area (Å²) in [5.74, 6) is 3.55. The number of hydrogen-bond acceptors (Lipinski definition) is 11. The fourth-order valence-corrected chi connectivity index (χ4v) is 7.20. The maximum absolute atomic E-state index is 10.8. The van der Waals surface area contributed by atoms with Crippen molar-refractivity contribution >= 4 is 0 Å². The van der Waals surface area contributed by atoms with Crippen LogP contribution in [0.1, 0.15) is 67.3 Å². The van der Waals surface area contributed by atoms with Gasteiger partial charge in [-0.3, -0.25) is 0 Å². The molecule has 2 N–H and O–H groups in total. The Morgan fingerprint density at radius 2 is 1.12 bits per heavy atom. The molecule has 0 radical (unpaired) electrons. The standard InChI is InChI=1S/C41H48O11/c1-8-10-23-15-34(46-5)39(43)37(16-23)52-31-13-11-24(17-32(31)44-3)29(9-2)51-30-14-12-25(18-33(30)45-4)40-27-21-50-41(28(27)22-49-40)26-19-35(47-6)38(42)36(20-26)48-7/h11-20,27-29,40-43H,8-10,21-22H2,1-7H3. The van der Waals surface area contributed by atoms with Crippen molar-refractivity contribution in [1.29, 1.82) is 0 Å². The largest absolute Gasteiger partial charge is 0.502 e. The number of hydrogen-bond donors (Lipinski definition) is 2. The Kier molecular flexibility index (Phi) is 11.4. The van der Waals surface area contributed by atoms with Crippen molar-refractivity contribution in [2.24, 2.45) is 11.8 Å². The molecular weight excluding hydrogens is 668 g/mol. The third-order valence-electron chi connectivity index (χ3n) is 9.89. The van der Waals surface area contributed by atoms with Crippen molar-refractivity contribution in [3.05, 3.63) is 82.9 Å². The molecular formula is C41H48O11. The summed E-state index contributed by atoms with van der Waals surface area (Å²) in [6.07, 6.45) is 1.68. The molecule has 5 unspecified atom stereocenters. The smallest absolute Gasteiger partial charge is 0.201 e. The molecule has 0 bridgehead atoms. The molecule has 0 aliphatic carbocycles. The average molecular weight is 717 g/mol. The van der Waals surface area contributed by atoms with Crippen LogP contribution in [0.25, 0.3) is 0 Å². The van der Waals surface area contributed by atoms with Gasteiger partial charge in [-0.15, -0.1) is 0 Å². The van der Waals surface area contributed by atoms with Crippen LogP contribution in [-0.2, 0) is 15.9 Å². The Morgan fingerprint density at radius 3 is 1.71 bits per heavy atom. The van der Waals surface area contributed by atoms with Gasteiger partial charge in [0.25, 0.3) is 0 Å². The Morgan fingerprint density at radius 1 is 0.596 bits per heavy atom. The highest BCUT2D eigenvalue weighted by Gasteiger charge is 2.48. The monoisotopic (exact) mass is 716 g/mol. The number of phenols is 2. The summed E-state index contributed by atoms with van der Waals surface area (Å²) in [4.78, 5) is 0. The quantitative estimate of drug-likeness (QED) is 0.123. The van der Waals surface area contributed by atoms with Crippen molar-refractivity contribution < 1.29 is 52.8 Å². The molecule has 11 nitrogen and oxygen atoms in total. The van der Waals surface area contributed by atoms with Crippen LogP contribution in [0.5, 0.6) is 57.5 Å². The molecule has 4 aromatic rings. The van der Waals surface area contributed by atoms with Gasteiger partial charge in [0.2, 0.25) is 11.5 Å². The first kappa shape index (κ1) is 36.8. The lowest BCUT2D eigenvalue weighted by Crippen LogP contribution is -2.15. The highest BCUT2D eigenvalue weighted by molar-refractivity contribution is 5.56. The van der Waals surface area contributed by atoms with E-state index in [4.69, 9.17) is 42.6 Å². The minimum Gasteiger partial charge on any atom is -0.502 e. The molecule has 2 saturated heterocycles. The predicted octanol–water partition coefficient (Wildman–Crippen LogP) is 8.49. The summed E-state index contributed by atoms with van der Waals surface area (Å²) in [5, 5.41) is 21.2. The molecule has 0 spiro atoms. The van der Waals surface area contributed by atoms with Crippen LogP contribution in [0, 0.1) is 11.8 Å². The molecule has 2 aliphatic rings. The Bertz CT molecular complexity index is 1830. The fourth-order valence-electron chi connectivity index (χ4n) is 7.20. The van der Waals surface area contributed by atoms with Crippen LogP contribution in [0.4, 0.5) is 0 Å². The van der Waals surface area contributed by atoms with E-state index in [0.29, 0.717) is 65.6 Å². The Labute approximate surface area is 304 Å². The van der Waals surface area contributed by atoms with Gasteiger partial charge in [0.15, 0.2) is 46.0 Å². The fraction of sp³-hybridized carbons (Fsp3) is 0.415. The molecule has 0 saturated carbocycles. The molecule has 5 atom stereocenters. The van der Waals surface area contributed by atoms with Gasteiger partial charge >= 0.3 is 0 Å². The van der Waals surface area contributed by atoms with Crippen molar-refractivity contribution in [2.75, 3.05) is 48.8 Å². The third-order valence-corrected chi connectivity index (χ3v) is 9.89. The molecule has 4 aromatic carbocycles. The lowest BCUT2D eigenvalue weighted by atomic mass is 9.84. The van der Waals surface area contributed by atoms with E-state index in [1.54, 1.807) is 26.4 Å². The first-order valence-electron chi connectivity index (χ1n) is 17.5. The van der Waals surface area contributed by atoms with E-state index in [0.717, 1.165) is 35.1 Å². The number of aromatic hydroxyl groups is 2. The zero-order chi connectivity index (χ0) is 36.9. The van der Waals surface area contributed by atoms with Crippen LogP contribution in [0.2, 0.25) is 0 Å². The highest BCUT2D eigenvalue weighted by atomic mass is 16.5. The summed E-state index contributed by atoms with van der Waals surface area (Å²) >= 11 is 0. The SMILES string of the molecule is CCCc1cc(OC)c(O)c(Oc2ccc(C(CC)Oc3ccc(C4OCC5C(c6cc(OC)c(O)c(OC)c6)OCC45)cc3OC)cc2OC)c1. The summed E-state index contributed by atoms with van der Waals surface area (Å²) < 4.78 is 53.2. The van der Waals surface area contributed by atoms with E-state index >= 15 is 0 Å². The van der Waals surface area contributed by atoms with Crippen LogP contribution >= 0.6 is 0 Å². The number of aryl methyl sites for hydroxylation is 1. The zero-order valence-electron chi connectivity index (χ0n) is 30.8. The molecule has 6 rings (SSSR count). The van der Waals surface area contributed by atoms with Gasteiger partial charge in [-0.2, -0.15) is 0 Å². The van der Waals surface area contributed by atoms with Gasteiger partial charge < -0.3 is 52.8 Å². The second-order valence-electron chi connectivity index (χ2n) is 12.9. The van der Waals surface area contributed by atoms with Crippen LogP contribution in [-0.4, -0.2) is 59.0 Å². The normalized spacial score (nSPS) is 19.8. The maximum Gasteiger partial charge on any atom is 0.201 e.